The molecule has 0 unspecified atom stereocenters. The summed E-state index contributed by atoms with van der Waals surface area (Å²) < 4.78 is 32.4. The molecule has 0 atom stereocenters. The summed E-state index contributed by atoms with van der Waals surface area (Å²) in [5.41, 5.74) is 1.04. The highest BCUT2D eigenvalue weighted by molar-refractivity contribution is 7.89. The van der Waals surface area contributed by atoms with Crippen LogP contribution in [0.1, 0.15) is 23.2 Å². The van der Waals surface area contributed by atoms with Crippen molar-refractivity contribution in [1.29, 1.82) is 0 Å². The Morgan fingerprint density at radius 2 is 1.59 bits per heavy atom. The molecule has 1 saturated heterocycles. The molecule has 1 saturated carbocycles. The molecular weight excluding hydrogens is 430 g/mol. The molecule has 8 nitrogen and oxygen atoms in total. The van der Waals surface area contributed by atoms with E-state index in [0.29, 0.717) is 17.0 Å². The topological polar surface area (TPSA) is 87.2 Å². The average Bonchev–Trinajstić information content (AvgIpc) is 3.68. The Balaban J connectivity index is 1.45. The van der Waals surface area contributed by atoms with Gasteiger partial charge in [-0.15, -0.1) is 0 Å². The van der Waals surface area contributed by atoms with Crippen LogP contribution in [0.2, 0.25) is 0 Å². The number of nitrogens with zero attached hydrogens (tertiary/aromatic N) is 3. The number of sulfonamides is 1. The second kappa shape index (κ2) is 8.91. The van der Waals surface area contributed by atoms with Crippen LogP contribution in [0.5, 0.6) is 5.75 Å². The van der Waals surface area contributed by atoms with Crippen molar-refractivity contribution in [2.45, 2.75) is 17.7 Å². The van der Waals surface area contributed by atoms with Crippen molar-refractivity contribution >= 4 is 27.5 Å². The molecule has 2 amide bonds. The lowest BCUT2D eigenvalue weighted by atomic mass is 10.1. The van der Waals surface area contributed by atoms with E-state index < -0.39 is 10.0 Å². The molecule has 1 heterocycles. The Hall–Kier alpha value is -2.91. The van der Waals surface area contributed by atoms with Crippen molar-refractivity contribution in [1.82, 2.24) is 9.21 Å². The summed E-state index contributed by atoms with van der Waals surface area (Å²) in [7, 11) is -0.423. The number of carbonyl (C=O) groups excluding carboxylic acids is 2. The number of para-hydroxylation sites is 1. The fraction of sp³-hybridized carbons (Fsp3) is 0.391. The number of anilines is 1. The minimum absolute atomic E-state index is 0.0284. The predicted molar refractivity (Wildman–Crippen MR) is 120 cm³/mol. The molecule has 32 heavy (non-hydrogen) atoms. The van der Waals surface area contributed by atoms with Crippen LogP contribution in [0.25, 0.3) is 0 Å². The van der Waals surface area contributed by atoms with Gasteiger partial charge in [-0.05, 0) is 49.2 Å². The number of hydrogen-bond donors (Lipinski definition) is 0. The quantitative estimate of drug-likeness (QED) is 0.664. The van der Waals surface area contributed by atoms with Crippen molar-refractivity contribution in [2.75, 3.05) is 45.2 Å². The van der Waals surface area contributed by atoms with Gasteiger partial charge in [-0.2, -0.15) is 4.31 Å². The lowest BCUT2D eigenvalue weighted by Crippen LogP contribution is -2.50. The number of rotatable bonds is 6. The standard InChI is InChI=1S/C23H27N3O5S/c1-24(22(27)17-7-8-17)21-6-4-3-5-20(21)23(28)25-13-15-26(16-14-25)32(29,30)19-11-9-18(31-2)10-12-19/h3-6,9-12,17H,7-8,13-16H2,1-2H3. The number of hydrogen-bond acceptors (Lipinski definition) is 5. The average molecular weight is 458 g/mol. The first-order chi connectivity index (χ1) is 15.3. The number of piperazine rings is 1. The minimum Gasteiger partial charge on any atom is -0.497 e. The van der Waals surface area contributed by atoms with Crippen LogP contribution in [0, 0.1) is 5.92 Å². The molecule has 2 aliphatic rings. The van der Waals surface area contributed by atoms with Crippen molar-refractivity contribution < 1.29 is 22.7 Å². The number of carbonyl (C=O) groups is 2. The Labute approximate surface area is 188 Å². The van der Waals surface area contributed by atoms with Crippen LogP contribution >= 0.6 is 0 Å². The maximum Gasteiger partial charge on any atom is 0.256 e. The Kier molecular flexibility index (Phi) is 6.21. The summed E-state index contributed by atoms with van der Waals surface area (Å²) >= 11 is 0. The summed E-state index contributed by atoms with van der Waals surface area (Å²) in [6, 6.07) is 13.3. The van der Waals surface area contributed by atoms with Gasteiger partial charge in [0, 0.05) is 39.1 Å². The number of benzene rings is 2. The van der Waals surface area contributed by atoms with Gasteiger partial charge in [0.1, 0.15) is 5.75 Å². The van der Waals surface area contributed by atoms with E-state index in [2.05, 4.69) is 0 Å². The molecule has 1 aliphatic heterocycles. The van der Waals surface area contributed by atoms with E-state index in [4.69, 9.17) is 4.74 Å². The number of ether oxygens (including phenoxy) is 1. The maximum atomic E-state index is 13.2. The van der Waals surface area contributed by atoms with Gasteiger partial charge in [-0.1, -0.05) is 12.1 Å². The SMILES string of the molecule is COc1ccc(S(=O)(=O)N2CCN(C(=O)c3ccccc3N(C)C(=O)C3CC3)CC2)cc1. The van der Waals surface area contributed by atoms with Crippen LogP contribution in [-0.4, -0.2) is 69.8 Å². The third-order valence-electron chi connectivity index (χ3n) is 5.98. The van der Waals surface area contributed by atoms with Gasteiger partial charge in [0.25, 0.3) is 5.91 Å². The zero-order valence-electron chi connectivity index (χ0n) is 18.2. The van der Waals surface area contributed by atoms with E-state index in [-0.39, 0.29) is 48.8 Å². The molecule has 0 N–H and O–H groups in total. The first-order valence-corrected chi connectivity index (χ1v) is 12.1. The molecule has 0 radical (unpaired) electrons. The van der Waals surface area contributed by atoms with E-state index in [1.807, 2.05) is 6.07 Å². The lowest BCUT2D eigenvalue weighted by Gasteiger charge is -2.34. The zero-order chi connectivity index (χ0) is 22.9. The van der Waals surface area contributed by atoms with Crippen molar-refractivity contribution in [2.24, 2.45) is 5.92 Å². The first-order valence-electron chi connectivity index (χ1n) is 10.6. The van der Waals surface area contributed by atoms with Gasteiger partial charge in [-0.25, -0.2) is 8.42 Å². The molecule has 2 fully saturated rings. The largest absolute Gasteiger partial charge is 0.497 e. The van der Waals surface area contributed by atoms with Crippen molar-refractivity contribution in [3.63, 3.8) is 0 Å². The van der Waals surface area contributed by atoms with E-state index >= 15 is 0 Å². The van der Waals surface area contributed by atoms with Gasteiger partial charge >= 0.3 is 0 Å². The van der Waals surface area contributed by atoms with Crippen molar-refractivity contribution in [3.8, 4) is 5.75 Å². The second-order valence-electron chi connectivity index (χ2n) is 8.06. The molecule has 170 valence electrons. The third kappa shape index (κ3) is 4.35. The summed E-state index contributed by atoms with van der Waals surface area (Å²) in [5.74, 6) is 0.469. The van der Waals surface area contributed by atoms with Crippen molar-refractivity contribution in [3.05, 3.63) is 54.1 Å². The molecule has 9 heteroatoms. The molecule has 0 spiro atoms. The van der Waals surface area contributed by atoms with E-state index in [1.54, 1.807) is 47.2 Å². The van der Waals surface area contributed by atoms with Gasteiger partial charge in [0.15, 0.2) is 0 Å². The molecule has 0 bridgehead atoms. The van der Waals surface area contributed by atoms with Crippen LogP contribution in [0.15, 0.2) is 53.4 Å². The molecule has 0 aromatic heterocycles. The highest BCUT2D eigenvalue weighted by atomic mass is 32.2. The van der Waals surface area contributed by atoms with Crippen LogP contribution in [0.4, 0.5) is 5.69 Å². The van der Waals surface area contributed by atoms with Gasteiger partial charge in [0.05, 0.1) is 23.3 Å². The lowest BCUT2D eigenvalue weighted by molar-refractivity contribution is -0.119. The fourth-order valence-electron chi connectivity index (χ4n) is 3.87. The summed E-state index contributed by atoms with van der Waals surface area (Å²) in [6.45, 7) is 0.976. The van der Waals surface area contributed by atoms with E-state index in [0.717, 1.165) is 12.8 Å². The molecule has 1 aliphatic carbocycles. The Morgan fingerprint density at radius 3 is 2.19 bits per heavy atom. The summed E-state index contributed by atoms with van der Waals surface area (Å²) in [4.78, 5) is 29.2. The molecule has 2 aromatic rings. The first kappa shape index (κ1) is 22.3. The van der Waals surface area contributed by atoms with E-state index in [1.165, 1.54) is 23.5 Å². The smallest absolute Gasteiger partial charge is 0.256 e. The maximum absolute atomic E-state index is 13.2. The van der Waals surface area contributed by atoms with Gasteiger partial charge in [0.2, 0.25) is 15.9 Å². The summed E-state index contributed by atoms with van der Waals surface area (Å²) in [6.07, 6.45) is 1.79. The highest BCUT2D eigenvalue weighted by Crippen LogP contribution is 2.33. The molecule has 2 aromatic carbocycles. The van der Waals surface area contributed by atoms with Gasteiger partial charge in [-0.3, -0.25) is 9.59 Å². The number of amides is 2. The molecular formula is C23H27N3O5S. The number of methoxy groups -OCH3 is 1. The Bertz CT molecular complexity index is 1100. The highest BCUT2D eigenvalue weighted by Gasteiger charge is 2.35. The minimum atomic E-state index is -3.65. The van der Waals surface area contributed by atoms with Gasteiger partial charge < -0.3 is 14.5 Å². The van der Waals surface area contributed by atoms with Crippen LogP contribution in [0.3, 0.4) is 0 Å². The normalized spacial score (nSPS) is 17.1. The van der Waals surface area contributed by atoms with E-state index in [9.17, 15) is 18.0 Å². The third-order valence-corrected chi connectivity index (χ3v) is 7.89. The fourth-order valence-corrected chi connectivity index (χ4v) is 5.29. The molecule has 4 rings (SSSR count). The summed E-state index contributed by atoms with van der Waals surface area (Å²) in [5, 5.41) is 0. The second-order valence-corrected chi connectivity index (χ2v) is 10.00. The zero-order valence-corrected chi connectivity index (χ0v) is 19.0. The monoisotopic (exact) mass is 457 g/mol. The van der Waals surface area contributed by atoms with Crippen LogP contribution < -0.4 is 9.64 Å². The predicted octanol–water partition coefficient (Wildman–Crippen LogP) is 2.21. The van der Waals surface area contributed by atoms with Crippen LogP contribution in [-0.2, 0) is 14.8 Å². The Morgan fingerprint density at radius 1 is 0.969 bits per heavy atom.